The lowest BCUT2D eigenvalue weighted by atomic mass is 9.59. The van der Waals surface area contributed by atoms with Gasteiger partial charge in [0.2, 0.25) is 0 Å². The largest absolute Gasteiger partial charge is 0.497 e. The lowest BCUT2D eigenvalue weighted by Crippen LogP contribution is -2.65. The summed E-state index contributed by atoms with van der Waals surface area (Å²) < 4.78 is 13.4. The van der Waals surface area contributed by atoms with Gasteiger partial charge >= 0.3 is 5.97 Å². The summed E-state index contributed by atoms with van der Waals surface area (Å²) in [6, 6.07) is 5.46. The Morgan fingerprint density at radius 2 is 1.93 bits per heavy atom. The molecule has 0 saturated heterocycles. The molecule has 214 valence electrons. The van der Waals surface area contributed by atoms with Crippen molar-refractivity contribution in [3.63, 3.8) is 0 Å². The maximum Gasteiger partial charge on any atom is 0.341 e. The lowest BCUT2D eigenvalue weighted by molar-refractivity contribution is -0.190. The highest BCUT2D eigenvalue weighted by molar-refractivity contribution is 6.06. The third kappa shape index (κ3) is 3.13. The Kier molecular flexibility index (Phi) is 5.81. The van der Waals surface area contributed by atoms with Gasteiger partial charge < -0.3 is 29.4 Å². The Balaban J connectivity index is 1.48. The van der Waals surface area contributed by atoms with E-state index in [0.717, 1.165) is 5.52 Å². The van der Waals surface area contributed by atoms with Crippen molar-refractivity contribution in [3.05, 3.63) is 52.8 Å². The summed E-state index contributed by atoms with van der Waals surface area (Å²) in [5.41, 5.74) is -1.19. The molecular weight excluding hydrogens is 510 g/mol. The highest BCUT2D eigenvalue weighted by Crippen LogP contribution is 2.71. The molecule has 8 atom stereocenters. The van der Waals surface area contributed by atoms with Gasteiger partial charge in [0.15, 0.2) is 17.5 Å². The number of methoxy groups -OCH3 is 1. The maximum atomic E-state index is 14.5. The number of ketones is 1. The number of aliphatic hydroxyl groups excluding tert-OH is 2. The Labute approximate surface area is 234 Å². The number of ether oxygens (including phenoxy) is 2. The van der Waals surface area contributed by atoms with E-state index in [0.29, 0.717) is 34.4 Å². The van der Waals surface area contributed by atoms with Crippen LogP contribution < -0.4 is 4.74 Å². The van der Waals surface area contributed by atoms with Crippen LogP contribution in [-0.4, -0.2) is 63.2 Å². The number of hydrogen-bond donors (Lipinski definition) is 3. The summed E-state index contributed by atoms with van der Waals surface area (Å²) in [6.45, 7) is 9.29. The van der Waals surface area contributed by atoms with Gasteiger partial charge in [-0.3, -0.25) is 4.79 Å². The van der Waals surface area contributed by atoms with E-state index in [1.807, 2.05) is 37.6 Å². The van der Waals surface area contributed by atoms with E-state index >= 15 is 0 Å². The molecule has 4 aliphatic carbocycles. The molecule has 4 aliphatic rings. The highest BCUT2D eigenvalue weighted by Gasteiger charge is 2.76. The zero-order chi connectivity index (χ0) is 29.1. The van der Waals surface area contributed by atoms with Gasteiger partial charge in [0, 0.05) is 29.6 Å². The summed E-state index contributed by atoms with van der Waals surface area (Å²) >= 11 is 0. The molecule has 2 aromatic rings. The van der Waals surface area contributed by atoms with Crippen molar-refractivity contribution in [2.24, 2.45) is 41.5 Å². The van der Waals surface area contributed by atoms with E-state index in [9.17, 15) is 24.9 Å². The number of nitrogens with zero attached hydrogens (tertiary/aromatic N) is 1. The van der Waals surface area contributed by atoms with Crippen LogP contribution in [-0.2, 0) is 16.6 Å². The number of Topliss-reactive ketones (excluding diaryl/α,β-unsaturated/α-hetero) is 1. The standard InChI is InChI=1S/C32H39NO7/c1-15-13-31-16(2)10-22-25(30(22,4)5)21(27(31)36)11-18(14-34)26(35)32(31,38)28(15)40-29(37)24-17(3)33(6)23-9-8-19(39-7)12-20(23)24/h8-9,11-13,16,21-22,25-26,28,34-35,38H,10,14H2,1-7H3/t16-,21+,22-,25+,26-,28+,31+,32+/m1/s1. The molecular formula is C32H39NO7. The summed E-state index contributed by atoms with van der Waals surface area (Å²) in [6.07, 6.45) is 1.23. The van der Waals surface area contributed by atoms with E-state index in [2.05, 4.69) is 13.8 Å². The van der Waals surface area contributed by atoms with Gasteiger partial charge in [-0.05, 0) is 72.8 Å². The summed E-state index contributed by atoms with van der Waals surface area (Å²) in [7, 11) is 3.41. The molecule has 8 heteroatoms. The average Bonchev–Trinajstić information content (AvgIpc) is 3.28. The number of fused-ring (bicyclic) bond motifs is 4. The minimum atomic E-state index is -2.18. The SMILES string of the molecule is COc1ccc2c(c1)c(C(=O)O[C@H]1C(C)=C[C@]34C(=O)[C@@H](C=C(CO)[C@@H](O)[C@]13O)[C@H]1[C@@H](C[C@H]4C)C1(C)C)c(C)n2C. The van der Waals surface area contributed by atoms with Crippen molar-refractivity contribution in [2.75, 3.05) is 13.7 Å². The highest BCUT2D eigenvalue weighted by atomic mass is 16.6. The number of carbonyl (C=O) groups is 2. The average molecular weight is 550 g/mol. The molecule has 1 aromatic heterocycles. The molecule has 3 N–H and O–H groups in total. The molecule has 0 radical (unpaired) electrons. The first kappa shape index (κ1) is 27.2. The van der Waals surface area contributed by atoms with Crippen molar-refractivity contribution < 1.29 is 34.4 Å². The first-order valence-corrected chi connectivity index (χ1v) is 14.1. The fourth-order valence-electron chi connectivity index (χ4n) is 8.70. The lowest BCUT2D eigenvalue weighted by Gasteiger charge is -2.48. The van der Waals surface area contributed by atoms with Crippen LogP contribution in [0.25, 0.3) is 10.9 Å². The van der Waals surface area contributed by atoms with Gasteiger partial charge in [0.1, 0.15) is 11.9 Å². The molecule has 1 spiro atoms. The number of aromatic nitrogens is 1. The van der Waals surface area contributed by atoms with Crippen LogP contribution in [0.2, 0.25) is 0 Å². The number of allylic oxidation sites excluding steroid dienone is 1. The van der Waals surface area contributed by atoms with Crippen molar-refractivity contribution in [2.45, 2.75) is 58.8 Å². The van der Waals surface area contributed by atoms with E-state index in [4.69, 9.17) is 9.47 Å². The minimum absolute atomic E-state index is 0.0570. The van der Waals surface area contributed by atoms with Crippen LogP contribution in [0.3, 0.4) is 0 Å². The molecule has 0 unspecified atom stereocenters. The molecule has 40 heavy (non-hydrogen) atoms. The Hall–Kier alpha value is -2.94. The van der Waals surface area contributed by atoms with Crippen LogP contribution in [0.1, 0.15) is 50.2 Å². The maximum absolute atomic E-state index is 14.5. The number of carbonyl (C=O) groups excluding carboxylic acids is 2. The van der Waals surface area contributed by atoms with Gasteiger partial charge in [-0.25, -0.2) is 4.79 Å². The predicted molar refractivity (Wildman–Crippen MR) is 149 cm³/mol. The second kappa shape index (κ2) is 8.54. The number of aliphatic hydroxyl groups is 3. The molecule has 2 fully saturated rings. The van der Waals surface area contributed by atoms with Gasteiger partial charge in [-0.15, -0.1) is 0 Å². The van der Waals surface area contributed by atoms with Crippen molar-refractivity contribution in [3.8, 4) is 5.75 Å². The molecule has 2 saturated carbocycles. The van der Waals surface area contributed by atoms with Crippen LogP contribution in [0, 0.1) is 41.4 Å². The van der Waals surface area contributed by atoms with Crippen LogP contribution in [0.4, 0.5) is 0 Å². The minimum Gasteiger partial charge on any atom is -0.497 e. The van der Waals surface area contributed by atoms with Crippen LogP contribution in [0.5, 0.6) is 5.75 Å². The van der Waals surface area contributed by atoms with Crippen LogP contribution >= 0.6 is 0 Å². The van der Waals surface area contributed by atoms with Gasteiger partial charge in [-0.2, -0.15) is 0 Å². The third-order valence-electron chi connectivity index (χ3n) is 11.0. The number of aryl methyl sites for hydroxylation is 1. The molecule has 1 aromatic carbocycles. The number of hydrogen-bond acceptors (Lipinski definition) is 7. The second-order valence-electron chi connectivity index (χ2n) is 13.1. The third-order valence-corrected chi connectivity index (χ3v) is 11.0. The van der Waals surface area contributed by atoms with Gasteiger partial charge in [0.05, 0.1) is 24.7 Å². The second-order valence-corrected chi connectivity index (χ2v) is 13.1. The Bertz CT molecular complexity index is 1510. The molecule has 0 aliphatic heterocycles. The summed E-state index contributed by atoms with van der Waals surface area (Å²) in [5, 5.41) is 35.4. The van der Waals surface area contributed by atoms with Crippen LogP contribution in [0.15, 0.2) is 41.5 Å². The summed E-state index contributed by atoms with van der Waals surface area (Å²) in [5.74, 6) is -0.804. The fraction of sp³-hybridized carbons (Fsp3) is 0.562. The molecule has 0 amide bonds. The van der Waals surface area contributed by atoms with Gasteiger partial charge in [0.25, 0.3) is 0 Å². The van der Waals surface area contributed by atoms with Crippen molar-refractivity contribution in [1.82, 2.24) is 4.57 Å². The fourth-order valence-corrected chi connectivity index (χ4v) is 8.70. The Morgan fingerprint density at radius 3 is 2.58 bits per heavy atom. The number of rotatable bonds is 4. The zero-order valence-corrected chi connectivity index (χ0v) is 24.2. The first-order valence-electron chi connectivity index (χ1n) is 14.1. The Morgan fingerprint density at radius 1 is 1.23 bits per heavy atom. The molecule has 1 heterocycles. The predicted octanol–water partition coefficient (Wildman–Crippen LogP) is 3.49. The number of benzene rings is 1. The molecule has 8 nitrogen and oxygen atoms in total. The smallest absolute Gasteiger partial charge is 0.341 e. The normalized spacial score (nSPS) is 37.6. The molecule has 6 rings (SSSR count). The zero-order valence-electron chi connectivity index (χ0n) is 24.2. The van der Waals surface area contributed by atoms with Crippen molar-refractivity contribution >= 4 is 22.7 Å². The van der Waals surface area contributed by atoms with E-state index < -0.39 is 41.7 Å². The van der Waals surface area contributed by atoms with E-state index in [1.165, 1.54) is 0 Å². The number of esters is 1. The quantitative estimate of drug-likeness (QED) is 0.395. The first-order chi connectivity index (χ1) is 18.8. The van der Waals surface area contributed by atoms with Crippen molar-refractivity contribution in [1.29, 1.82) is 0 Å². The van der Waals surface area contributed by atoms with Gasteiger partial charge in [-0.1, -0.05) is 32.9 Å². The monoisotopic (exact) mass is 549 g/mol. The van der Waals surface area contributed by atoms with E-state index in [-0.39, 0.29) is 34.5 Å². The summed E-state index contributed by atoms with van der Waals surface area (Å²) in [4.78, 5) is 28.5. The topological polar surface area (TPSA) is 118 Å². The molecule has 2 bridgehead atoms. The van der Waals surface area contributed by atoms with E-state index in [1.54, 1.807) is 32.3 Å².